The van der Waals surface area contributed by atoms with E-state index in [1.807, 2.05) is 12.1 Å². The van der Waals surface area contributed by atoms with Gasteiger partial charge in [0.2, 0.25) is 0 Å². The lowest BCUT2D eigenvalue weighted by Gasteiger charge is -2.43. The molecule has 0 spiro atoms. The van der Waals surface area contributed by atoms with Gasteiger partial charge in [-0.25, -0.2) is 0 Å². The summed E-state index contributed by atoms with van der Waals surface area (Å²) in [4.78, 5) is 0. The van der Waals surface area contributed by atoms with E-state index in [4.69, 9.17) is 11.6 Å². The van der Waals surface area contributed by atoms with Crippen LogP contribution in [0.25, 0.3) is 0 Å². The van der Waals surface area contributed by atoms with Gasteiger partial charge in [-0.2, -0.15) is 0 Å². The molecule has 0 amide bonds. The van der Waals surface area contributed by atoms with Gasteiger partial charge in [0, 0.05) is 23.5 Å². The molecule has 98 valence electrons. The molecule has 1 saturated heterocycles. The van der Waals surface area contributed by atoms with E-state index in [1.54, 1.807) is 0 Å². The number of hydrogen-bond donors (Lipinski definition) is 1. The lowest BCUT2D eigenvalue weighted by atomic mass is 9.71. The third kappa shape index (κ3) is 2.54. The maximum Gasteiger partial charge on any atom is 0.0408 e. The minimum atomic E-state index is 0.207. The maximum atomic E-state index is 6.14. The second-order valence-electron chi connectivity index (χ2n) is 5.56. The predicted octanol–water partition coefficient (Wildman–Crippen LogP) is 3.73. The van der Waals surface area contributed by atoms with Gasteiger partial charge in [-0.1, -0.05) is 53.6 Å². The molecule has 1 fully saturated rings. The number of rotatable bonds is 3. The van der Waals surface area contributed by atoms with E-state index in [-0.39, 0.29) is 5.41 Å². The summed E-state index contributed by atoms with van der Waals surface area (Å²) >= 11 is 6.14. The lowest BCUT2D eigenvalue weighted by molar-refractivity contribution is 0.274. The first-order valence-electron chi connectivity index (χ1n) is 6.70. The van der Waals surface area contributed by atoms with Crippen LogP contribution in [0.5, 0.6) is 0 Å². The second-order valence-corrected chi connectivity index (χ2v) is 6.00. The van der Waals surface area contributed by atoms with E-state index in [9.17, 15) is 0 Å². The molecule has 0 saturated carbocycles. The van der Waals surface area contributed by atoms with Crippen molar-refractivity contribution in [3.05, 3.63) is 70.2 Å². The highest BCUT2D eigenvalue weighted by atomic mass is 35.5. The van der Waals surface area contributed by atoms with Gasteiger partial charge in [-0.05, 0) is 36.6 Å². The van der Waals surface area contributed by atoms with Crippen molar-refractivity contribution in [2.24, 2.45) is 0 Å². The Morgan fingerprint density at radius 2 is 1.89 bits per heavy atom. The molecule has 1 nitrogen and oxygen atoms in total. The Balaban J connectivity index is 1.91. The van der Waals surface area contributed by atoms with Crippen LogP contribution >= 0.6 is 11.6 Å². The van der Waals surface area contributed by atoms with Crippen LogP contribution in [0.1, 0.15) is 16.7 Å². The first kappa shape index (κ1) is 12.7. The number of aryl methyl sites for hydroxylation is 1. The standard InChI is InChI=1S/C17H18ClN/c1-13-4-2-5-14(8-13)10-17(11-19-12-17)15-6-3-7-16(18)9-15/h2-9,19H,10-12H2,1H3. The van der Waals surface area contributed by atoms with Gasteiger partial charge < -0.3 is 5.32 Å². The monoisotopic (exact) mass is 271 g/mol. The first-order valence-corrected chi connectivity index (χ1v) is 7.08. The summed E-state index contributed by atoms with van der Waals surface area (Å²) in [6.07, 6.45) is 1.07. The average Bonchev–Trinajstić information content (AvgIpc) is 2.34. The minimum absolute atomic E-state index is 0.207. The highest BCUT2D eigenvalue weighted by Crippen LogP contribution is 2.33. The topological polar surface area (TPSA) is 12.0 Å². The quantitative estimate of drug-likeness (QED) is 0.897. The molecule has 0 aliphatic carbocycles. The van der Waals surface area contributed by atoms with Crippen molar-refractivity contribution >= 4 is 11.6 Å². The number of halogens is 1. The Hall–Kier alpha value is -1.31. The Kier molecular flexibility index (Phi) is 3.34. The van der Waals surface area contributed by atoms with Crippen LogP contribution in [0.2, 0.25) is 5.02 Å². The molecular formula is C17H18ClN. The molecule has 2 aromatic carbocycles. The Labute approximate surface area is 119 Å². The molecular weight excluding hydrogens is 254 g/mol. The Bertz CT molecular complexity index is 587. The van der Waals surface area contributed by atoms with Gasteiger partial charge in [0.15, 0.2) is 0 Å². The maximum absolute atomic E-state index is 6.14. The fraction of sp³-hybridized carbons (Fsp3) is 0.294. The van der Waals surface area contributed by atoms with Crippen molar-refractivity contribution in [3.63, 3.8) is 0 Å². The van der Waals surface area contributed by atoms with E-state index in [0.29, 0.717) is 0 Å². The number of benzene rings is 2. The SMILES string of the molecule is Cc1cccc(CC2(c3cccc(Cl)c3)CNC2)c1. The summed E-state index contributed by atoms with van der Waals surface area (Å²) in [6.45, 7) is 4.21. The van der Waals surface area contributed by atoms with E-state index in [0.717, 1.165) is 24.5 Å². The molecule has 1 aliphatic rings. The van der Waals surface area contributed by atoms with E-state index < -0.39 is 0 Å². The van der Waals surface area contributed by atoms with Crippen molar-refractivity contribution in [2.45, 2.75) is 18.8 Å². The van der Waals surface area contributed by atoms with Crippen LogP contribution in [-0.2, 0) is 11.8 Å². The smallest absolute Gasteiger partial charge is 0.0408 e. The van der Waals surface area contributed by atoms with Gasteiger partial charge in [0.25, 0.3) is 0 Å². The van der Waals surface area contributed by atoms with Crippen LogP contribution in [0.15, 0.2) is 48.5 Å². The largest absolute Gasteiger partial charge is 0.315 e. The van der Waals surface area contributed by atoms with Crippen molar-refractivity contribution in [1.82, 2.24) is 5.32 Å². The highest BCUT2D eigenvalue weighted by Gasteiger charge is 2.38. The normalized spacial score (nSPS) is 16.9. The molecule has 19 heavy (non-hydrogen) atoms. The first-order chi connectivity index (χ1) is 9.18. The summed E-state index contributed by atoms with van der Waals surface area (Å²) in [5, 5.41) is 4.24. The average molecular weight is 272 g/mol. The van der Waals surface area contributed by atoms with Crippen molar-refractivity contribution in [3.8, 4) is 0 Å². The zero-order chi connectivity index (χ0) is 13.3. The summed E-state index contributed by atoms with van der Waals surface area (Å²) in [7, 11) is 0. The van der Waals surface area contributed by atoms with Crippen LogP contribution in [-0.4, -0.2) is 13.1 Å². The van der Waals surface area contributed by atoms with E-state index >= 15 is 0 Å². The summed E-state index contributed by atoms with van der Waals surface area (Å²) in [5.41, 5.74) is 4.28. The van der Waals surface area contributed by atoms with Crippen molar-refractivity contribution in [2.75, 3.05) is 13.1 Å². The highest BCUT2D eigenvalue weighted by molar-refractivity contribution is 6.30. The number of hydrogen-bond acceptors (Lipinski definition) is 1. The van der Waals surface area contributed by atoms with Gasteiger partial charge in [-0.15, -0.1) is 0 Å². The van der Waals surface area contributed by atoms with Gasteiger partial charge in [0.1, 0.15) is 0 Å². The molecule has 0 bridgehead atoms. The Morgan fingerprint density at radius 1 is 1.11 bits per heavy atom. The predicted molar refractivity (Wildman–Crippen MR) is 80.9 cm³/mol. The summed E-state index contributed by atoms with van der Waals surface area (Å²) in [6, 6.07) is 17.1. The molecule has 0 unspecified atom stereocenters. The zero-order valence-electron chi connectivity index (χ0n) is 11.1. The Morgan fingerprint density at radius 3 is 2.53 bits per heavy atom. The van der Waals surface area contributed by atoms with Crippen molar-refractivity contribution < 1.29 is 0 Å². The van der Waals surface area contributed by atoms with E-state index in [1.165, 1.54) is 16.7 Å². The molecule has 2 heteroatoms. The third-order valence-corrected chi connectivity index (χ3v) is 4.22. The molecule has 3 rings (SSSR count). The molecule has 0 radical (unpaired) electrons. The molecule has 0 atom stereocenters. The minimum Gasteiger partial charge on any atom is -0.315 e. The van der Waals surface area contributed by atoms with Crippen LogP contribution < -0.4 is 5.32 Å². The van der Waals surface area contributed by atoms with Crippen molar-refractivity contribution in [1.29, 1.82) is 0 Å². The third-order valence-electron chi connectivity index (χ3n) is 3.99. The van der Waals surface area contributed by atoms with Gasteiger partial charge in [-0.3, -0.25) is 0 Å². The van der Waals surface area contributed by atoms with Gasteiger partial charge >= 0.3 is 0 Å². The number of nitrogens with one attached hydrogen (secondary N) is 1. The van der Waals surface area contributed by atoms with Crippen LogP contribution in [0.3, 0.4) is 0 Å². The summed E-state index contributed by atoms with van der Waals surface area (Å²) in [5.74, 6) is 0. The molecule has 1 aliphatic heterocycles. The zero-order valence-corrected chi connectivity index (χ0v) is 11.9. The second kappa shape index (κ2) is 4.99. The van der Waals surface area contributed by atoms with E-state index in [2.05, 4.69) is 48.6 Å². The molecule has 2 aromatic rings. The molecule has 0 aromatic heterocycles. The molecule has 1 heterocycles. The fourth-order valence-electron chi connectivity index (χ4n) is 2.89. The summed E-state index contributed by atoms with van der Waals surface area (Å²) < 4.78 is 0. The lowest BCUT2D eigenvalue weighted by Crippen LogP contribution is -2.58. The molecule has 1 N–H and O–H groups in total. The van der Waals surface area contributed by atoms with Gasteiger partial charge in [0.05, 0.1) is 0 Å². The van der Waals surface area contributed by atoms with Crippen LogP contribution in [0.4, 0.5) is 0 Å². The van der Waals surface area contributed by atoms with Crippen LogP contribution in [0, 0.1) is 6.92 Å². The fourth-order valence-corrected chi connectivity index (χ4v) is 3.08.